The van der Waals surface area contributed by atoms with Crippen LogP contribution in [-0.4, -0.2) is 19.7 Å². The van der Waals surface area contributed by atoms with Crippen molar-refractivity contribution in [2.75, 3.05) is 30.3 Å². The summed E-state index contributed by atoms with van der Waals surface area (Å²) in [6.07, 6.45) is 10.6. The van der Waals surface area contributed by atoms with Crippen molar-refractivity contribution in [2.24, 2.45) is 0 Å². The summed E-state index contributed by atoms with van der Waals surface area (Å²) in [4.78, 5) is 2.29. The van der Waals surface area contributed by atoms with Gasteiger partial charge in [-0.05, 0) is 38.5 Å². The summed E-state index contributed by atoms with van der Waals surface area (Å²) in [7, 11) is 0. The molecule has 0 atom stereocenters. The van der Waals surface area contributed by atoms with Crippen LogP contribution in [-0.2, 0) is 0 Å². The molecule has 2 N–H and O–H groups in total. The molecule has 0 spiro atoms. The van der Waals surface area contributed by atoms with Crippen LogP contribution in [0, 0.1) is 0 Å². The number of nitrogen functional groups attached to an aromatic ring is 1. The molecule has 0 aliphatic heterocycles. The van der Waals surface area contributed by atoms with Crippen LogP contribution in [0.2, 0.25) is 0 Å². The smallest absolute Gasteiger partial charge is 0.142 e. The van der Waals surface area contributed by atoms with Gasteiger partial charge in [0.1, 0.15) is 5.75 Å². The molecule has 0 aliphatic rings. The molecule has 0 saturated heterocycles. The molecule has 0 saturated carbocycles. The van der Waals surface area contributed by atoms with Crippen molar-refractivity contribution >= 4 is 11.4 Å². The van der Waals surface area contributed by atoms with E-state index < -0.39 is 0 Å². The molecule has 1 aromatic rings. The summed E-state index contributed by atoms with van der Waals surface area (Å²) in [5.74, 6) is 0.964. The number of ether oxygens (including phenoxy) is 1. The van der Waals surface area contributed by atoms with Gasteiger partial charge in [-0.1, -0.05) is 51.9 Å². The van der Waals surface area contributed by atoms with E-state index >= 15 is 0 Å². The molecule has 0 heterocycles. The Bertz CT molecular complexity index is 416. The van der Waals surface area contributed by atoms with Gasteiger partial charge in [-0.3, -0.25) is 0 Å². The van der Waals surface area contributed by atoms with Gasteiger partial charge in [-0.2, -0.15) is 0 Å². The van der Waals surface area contributed by atoms with Crippen molar-refractivity contribution in [3.63, 3.8) is 0 Å². The first-order valence-electron chi connectivity index (χ1n) is 9.50. The summed E-state index contributed by atoms with van der Waals surface area (Å²) >= 11 is 0. The summed E-state index contributed by atoms with van der Waals surface area (Å²) in [6, 6.07) is 5.96. The predicted molar refractivity (Wildman–Crippen MR) is 103 cm³/mol. The fourth-order valence-electron chi connectivity index (χ4n) is 2.89. The lowest BCUT2D eigenvalue weighted by Gasteiger charge is -2.24. The van der Waals surface area contributed by atoms with Crippen LogP contribution in [0.25, 0.3) is 0 Å². The van der Waals surface area contributed by atoms with Gasteiger partial charge < -0.3 is 15.4 Å². The average Bonchev–Trinajstić information content (AvgIpc) is 2.56. The Labute approximate surface area is 143 Å². The molecule has 0 aliphatic carbocycles. The van der Waals surface area contributed by atoms with Crippen molar-refractivity contribution in [3.8, 4) is 5.75 Å². The Morgan fingerprint density at radius 2 is 1.48 bits per heavy atom. The molecular weight excluding hydrogens is 284 g/mol. The molecule has 0 aromatic heterocycles. The highest BCUT2D eigenvalue weighted by molar-refractivity contribution is 5.65. The highest BCUT2D eigenvalue weighted by Crippen LogP contribution is 2.30. The zero-order valence-electron chi connectivity index (χ0n) is 15.4. The Balaban J connectivity index is 2.31. The summed E-state index contributed by atoms with van der Waals surface area (Å²) in [5, 5.41) is 0. The quantitative estimate of drug-likeness (QED) is 0.378. The molecule has 0 fully saturated rings. The Morgan fingerprint density at radius 1 is 0.870 bits per heavy atom. The third kappa shape index (κ3) is 7.62. The van der Waals surface area contributed by atoms with Crippen LogP contribution >= 0.6 is 0 Å². The molecule has 132 valence electrons. The van der Waals surface area contributed by atoms with E-state index in [0.29, 0.717) is 0 Å². The first-order valence-corrected chi connectivity index (χ1v) is 9.50. The largest absolute Gasteiger partial charge is 0.491 e. The molecule has 0 unspecified atom stereocenters. The molecule has 0 radical (unpaired) electrons. The number of nitrogens with zero attached hydrogens (tertiary/aromatic N) is 1. The first-order chi connectivity index (χ1) is 11.2. The highest BCUT2D eigenvalue weighted by atomic mass is 16.5. The van der Waals surface area contributed by atoms with Crippen LogP contribution in [0.4, 0.5) is 11.4 Å². The van der Waals surface area contributed by atoms with Gasteiger partial charge in [0.2, 0.25) is 0 Å². The Hall–Kier alpha value is -1.38. The zero-order valence-corrected chi connectivity index (χ0v) is 15.4. The maximum absolute atomic E-state index is 6.02. The topological polar surface area (TPSA) is 38.5 Å². The van der Waals surface area contributed by atoms with Crippen LogP contribution in [0.15, 0.2) is 18.2 Å². The van der Waals surface area contributed by atoms with Crippen LogP contribution in [0.3, 0.4) is 0 Å². The molecule has 0 bridgehead atoms. The lowest BCUT2D eigenvalue weighted by molar-refractivity contribution is 0.304. The second kappa shape index (κ2) is 12.1. The van der Waals surface area contributed by atoms with Crippen LogP contribution in [0.5, 0.6) is 5.75 Å². The van der Waals surface area contributed by atoms with Crippen LogP contribution in [0.1, 0.15) is 72.1 Å². The highest BCUT2D eigenvalue weighted by Gasteiger charge is 2.10. The molecule has 1 rings (SSSR count). The monoisotopic (exact) mass is 320 g/mol. The van der Waals surface area contributed by atoms with E-state index in [0.717, 1.165) is 43.2 Å². The van der Waals surface area contributed by atoms with Crippen LogP contribution < -0.4 is 15.4 Å². The molecule has 3 heteroatoms. The third-order valence-corrected chi connectivity index (χ3v) is 4.34. The van der Waals surface area contributed by atoms with Gasteiger partial charge in [-0.25, -0.2) is 0 Å². The SMILES string of the molecule is CCCCCCCCCCOc1ccc(N)cc1N(CC)CC. The standard InChI is InChI=1S/C20H36N2O/c1-4-7-8-9-10-11-12-13-16-23-20-15-14-18(21)17-19(20)22(5-2)6-3/h14-15,17H,4-13,16,21H2,1-3H3. The number of unbranched alkanes of at least 4 members (excludes halogenated alkanes) is 7. The lowest BCUT2D eigenvalue weighted by Crippen LogP contribution is -2.22. The summed E-state index contributed by atoms with van der Waals surface area (Å²) in [5.41, 5.74) is 7.85. The summed E-state index contributed by atoms with van der Waals surface area (Å²) in [6.45, 7) is 9.32. The van der Waals surface area contributed by atoms with Crippen molar-refractivity contribution in [1.29, 1.82) is 0 Å². The van der Waals surface area contributed by atoms with Crippen molar-refractivity contribution < 1.29 is 4.74 Å². The van der Waals surface area contributed by atoms with E-state index in [-0.39, 0.29) is 0 Å². The molecule has 0 amide bonds. The minimum Gasteiger partial charge on any atom is -0.491 e. The zero-order chi connectivity index (χ0) is 16.9. The number of hydrogen-bond acceptors (Lipinski definition) is 3. The number of benzene rings is 1. The predicted octanol–water partition coefficient (Wildman–Crippen LogP) is 5.63. The maximum atomic E-state index is 6.02. The van der Waals surface area contributed by atoms with Gasteiger partial charge >= 0.3 is 0 Å². The summed E-state index contributed by atoms with van der Waals surface area (Å²) < 4.78 is 6.02. The number of anilines is 2. The molecule has 23 heavy (non-hydrogen) atoms. The lowest BCUT2D eigenvalue weighted by atomic mass is 10.1. The fraction of sp³-hybridized carbons (Fsp3) is 0.700. The normalized spacial score (nSPS) is 10.7. The van der Waals surface area contributed by atoms with E-state index in [4.69, 9.17) is 10.5 Å². The minimum absolute atomic E-state index is 0.798. The maximum Gasteiger partial charge on any atom is 0.142 e. The Kier molecular flexibility index (Phi) is 10.3. The molecular formula is C20H36N2O. The first kappa shape index (κ1) is 19.7. The van der Waals surface area contributed by atoms with Gasteiger partial charge in [0, 0.05) is 18.8 Å². The fourth-order valence-corrected chi connectivity index (χ4v) is 2.89. The van der Waals surface area contributed by atoms with Gasteiger partial charge in [0.25, 0.3) is 0 Å². The van der Waals surface area contributed by atoms with Crippen molar-refractivity contribution in [1.82, 2.24) is 0 Å². The van der Waals surface area contributed by atoms with Gasteiger partial charge in [-0.15, -0.1) is 0 Å². The second-order valence-electron chi connectivity index (χ2n) is 6.22. The van der Waals surface area contributed by atoms with Crippen molar-refractivity contribution in [3.05, 3.63) is 18.2 Å². The number of rotatable bonds is 13. The van der Waals surface area contributed by atoms with E-state index in [2.05, 4.69) is 25.7 Å². The van der Waals surface area contributed by atoms with Crippen molar-refractivity contribution in [2.45, 2.75) is 72.1 Å². The van der Waals surface area contributed by atoms with Gasteiger partial charge in [0.15, 0.2) is 0 Å². The third-order valence-electron chi connectivity index (χ3n) is 4.34. The number of hydrogen-bond donors (Lipinski definition) is 1. The van der Waals surface area contributed by atoms with Gasteiger partial charge in [0.05, 0.1) is 12.3 Å². The van der Waals surface area contributed by atoms with E-state index in [1.807, 2.05) is 18.2 Å². The number of nitrogens with two attached hydrogens (primary N) is 1. The average molecular weight is 321 g/mol. The van der Waals surface area contributed by atoms with E-state index in [1.165, 1.54) is 44.9 Å². The molecule has 3 nitrogen and oxygen atoms in total. The van der Waals surface area contributed by atoms with E-state index in [9.17, 15) is 0 Å². The second-order valence-corrected chi connectivity index (χ2v) is 6.22. The minimum atomic E-state index is 0.798. The molecule has 1 aromatic carbocycles. The Morgan fingerprint density at radius 3 is 2.09 bits per heavy atom. The van der Waals surface area contributed by atoms with E-state index in [1.54, 1.807) is 0 Å².